The van der Waals surface area contributed by atoms with Crippen LogP contribution in [0.4, 0.5) is 0 Å². The zero-order chi connectivity index (χ0) is 55.0. The molecular weight excluding hydrogens is 937 g/mol. The molecule has 0 amide bonds. The van der Waals surface area contributed by atoms with E-state index in [2.05, 4.69) is 142 Å². The number of allylic oxidation sites excluding steroid dienone is 20. The first-order chi connectivity index (χ1) is 37.5. The lowest BCUT2D eigenvalue weighted by molar-refractivity contribution is -0.167. The molecule has 0 bridgehead atoms. The monoisotopic (exact) mass is 1050 g/mol. The molecule has 432 valence electrons. The van der Waals surface area contributed by atoms with Gasteiger partial charge in [-0.05, 0) is 128 Å². The average Bonchev–Trinajstić information content (AvgIpc) is 3.42. The SMILES string of the molecule is CC/C=C\C/C=C\C/C=C\C/C=C\C/C=C\C/C=C\C/C=C\CCCCCC(=O)OCC(COC(=O)CCCCCCC/C=C\C/C=C\CCCC)OC(=O)CCCCCCCCCCC/C=C\CCCCCCCC. The molecule has 0 spiro atoms. The average molecular weight is 1050 g/mol. The van der Waals surface area contributed by atoms with E-state index in [9.17, 15) is 14.4 Å². The second-order valence-electron chi connectivity index (χ2n) is 20.6. The molecular formula is C70H116O6. The summed E-state index contributed by atoms with van der Waals surface area (Å²) >= 11 is 0. The number of unbranched alkanes of at least 4 members (excludes halogenated alkanes) is 25. The summed E-state index contributed by atoms with van der Waals surface area (Å²) in [5.41, 5.74) is 0. The van der Waals surface area contributed by atoms with Gasteiger partial charge in [-0.3, -0.25) is 14.4 Å². The molecule has 6 heteroatoms. The number of rotatable bonds is 56. The molecule has 0 aliphatic rings. The van der Waals surface area contributed by atoms with E-state index in [4.69, 9.17) is 14.2 Å². The Bertz CT molecular complexity index is 1590. The van der Waals surface area contributed by atoms with Gasteiger partial charge in [0.2, 0.25) is 0 Å². The fourth-order valence-electron chi connectivity index (χ4n) is 8.43. The second kappa shape index (κ2) is 63.3. The van der Waals surface area contributed by atoms with Crippen molar-refractivity contribution in [2.45, 2.75) is 290 Å². The highest BCUT2D eigenvalue weighted by molar-refractivity contribution is 5.71. The molecule has 0 aliphatic carbocycles. The minimum absolute atomic E-state index is 0.0988. The summed E-state index contributed by atoms with van der Waals surface area (Å²) in [4.78, 5) is 38.3. The van der Waals surface area contributed by atoms with Crippen molar-refractivity contribution in [2.24, 2.45) is 0 Å². The van der Waals surface area contributed by atoms with Gasteiger partial charge in [-0.1, -0.05) is 258 Å². The summed E-state index contributed by atoms with van der Waals surface area (Å²) in [6, 6.07) is 0. The Morgan fingerprint density at radius 3 is 0.868 bits per heavy atom. The van der Waals surface area contributed by atoms with Crippen molar-refractivity contribution in [2.75, 3.05) is 13.2 Å². The van der Waals surface area contributed by atoms with E-state index in [1.807, 2.05) is 0 Å². The zero-order valence-corrected chi connectivity index (χ0v) is 49.5. The molecule has 0 aliphatic heterocycles. The summed E-state index contributed by atoms with van der Waals surface area (Å²) in [6.07, 6.45) is 87.7. The third kappa shape index (κ3) is 60.7. The Kier molecular flexibility index (Phi) is 59.9. The summed E-state index contributed by atoms with van der Waals surface area (Å²) in [6.45, 7) is 6.45. The number of carbonyl (C=O) groups excluding carboxylic acids is 3. The van der Waals surface area contributed by atoms with Crippen LogP contribution in [-0.2, 0) is 28.6 Å². The van der Waals surface area contributed by atoms with E-state index < -0.39 is 6.10 Å². The van der Waals surface area contributed by atoms with Crippen molar-refractivity contribution in [3.63, 3.8) is 0 Å². The van der Waals surface area contributed by atoms with Crippen LogP contribution in [0.5, 0.6) is 0 Å². The predicted molar refractivity (Wildman–Crippen MR) is 330 cm³/mol. The van der Waals surface area contributed by atoms with E-state index in [-0.39, 0.29) is 31.1 Å². The molecule has 0 fully saturated rings. The van der Waals surface area contributed by atoms with Crippen LogP contribution < -0.4 is 0 Å². The van der Waals surface area contributed by atoms with Crippen LogP contribution in [0.2, 0.25) is 0 Å². The lowest BCUT2D eigenvalue weighted by Gasteiger charge is -2.18. The maximum Gasteiger partial charge on any atom is 0.306 e. The molecule has 0 aromatic carbocycles. The van der Waals surface area contributed by atoms with E-state index >= 15 is 0 Å². The molecule has 0 aromatic heterocycles. The Balaban J connectivity index is 4.45. The quantitative estimate of drug-likeness (QED) is 0.0261. The highest BCUT2D eigenvalue weighted by atomic mass is 16.6. The van der Waals surface area contributed by atoms with Crippen molar-refractivity contribution >= 4 is 17.9 Å². The van der Waals surface area contributed by atoms with Crippen molar-refractivity contribution in [3.8, 4) is 0 Å². The van der Waals surface area contributed by atoms with Crippen LogP contribution in [-0.4, -0.2) is 37.2 Å². The summed E-state index contributed by atoms with van der Waals surface area (Å²) in [5, 5.41) is 0. The first-order valence-corrected chi connectivity index (χ1v) is 31.5. The van der Waals surface area contributed by atoms with Gasteiger partial charge < -0.3 is 14.2 Å². The predicted octanol–water partition coefficient (Wildman–Crippen LogP) is 21.6. The van der Waals surface area contributed by atoms with Crippen molar-refractivity contribution in [3.05, 3.63) is 122 Å². The van der Waals surface area contributed by atoms with Crippen molar-refractivity contribution < 1.29 is 28.6 Å². The Labute approximate surface area is 469 Å². The van der Waals surface area contributed by atoms with Crippen LogP contribution in [0.25, 0.3) is 0 Å². The Morgan fingerprint density at radius 1 is 0.276 bits per heavy atom. The van der Waals surface area contributed by atoms with Gasteiger partial charge in [0, 0.05) is 19.3 Å². The molecule has 6 nitrogen and oxygen atoms in total. The van der Waals surface area contributed by atoms with Crippen LogP contribution in [0.3, 0.4) is 0 Å². The van der Waals surface area contributed by atoms with Gasteiger partial charge in [-0.15, -0.1) is 0 Å². The van der Waals surface area contributed by atoms with Crippen LogP contribution in [0.15, 0.2) is 122 Å². The molecule has 0 aromatic rings. The van der Waals surface area contributed by atoms with Gasteiger partial charge in [0.05, 0.1) is 0 Å². The maximum absolute atomic E-state index is 12.9. The first kappa shape index (κ1) is 71.8. The Hall–Kier alpha value is -4.19. The van der Waals surface area contributed by atoms with E-state index in [0.29, 0.717) is 19.3 Å². The number of hydrogen-bond donors (Lipinski definition) is 0. The van der Waals surface area contributed by atoms with Crippen LogP contribution in [0, 0.1) is 0 Å². The highest BCUT2D eigenvalue weighted by Crippen LogP contribution is 2.15. The fraction of sp³-hybridized carbons (Fsp3) is 0.671. The summed E-state index contributed by atoms with van der Waals surface area (Å²) in [7, 11) is 0. The zero-order valence-electron chi connectivity index (χ0n) is 49.5. The van der Waals surface area contributed by atoms with Gasteiger partial charge in [0.25, 0.3) is 0 Å². The van der Waals surface area contributed by atoms with Crippen molar-refractivity contribution in [1.82, 2.24) is 0 Å². The molecule has 0 heterocycles. The van der Waals surface area contributed by atoms with Gasteiger partial charge in [-0.2, -0.15) is 0 Å². The lowest BCUT2D eigenvalue weighted by atomic mass is 10.1. The normalized spacial score (nSPS) is 12.9. The minimum atomic E-state index is -0.803. The van der Waals surface area contributed by atoms with Gasteiger partial charge in [0.15, 0.2) is 6.10 Å². The smallest absolute Gasteiger partial charge is 0.306 e. The standard InChI is InChI=1S/C70H116O6/c1-4-7-10-13-16-19-22-25-28-30-32-33-34-35-36-37-39-40-42-45-48-51-54-57-60-63-69(72)75-66-67(65-74-68(71)62-59-56-53-50-47-44-27-24-21-18-15-12-9-6-3)76-70(73)64-61-58-55-52-49-46-43-41-38-31-29-26-23-20-17-14-11-8-5-2/h7,10,15-16,18-19,24-29,32-33,35-36,39-40,45,48,67H,4-6,8-9,11-14,17,20-23,30-31,34,37-38,41-44,46-47,49-66H2,1-3H3/b10-7-,18-15-,19-16-,27-24-,28-25-,29-26-,33-32-,36-35-,40-39-,48-45-. The number of carbonyl (C=O) groups is 3. The lowest BCUT2D eigenvalue weighted by Crippen LogP contribution is -2.30. The third-order valence-corrected chi connectivity index (χ3v) is 13.2. The van der Waals surface area contributed by atoms with Crippen molar-refractivity contribution in [1.29, 1.82) is 0 Å². The molecule has 0 saturated carbocycles. The summed E-state index contributed by atoms with van der Waals surface area (Å²) < 4.78 is 16.9. The van der Waals surface area contributed by atoms with Gasteiger partial charge in [0.1, 0.15) is 13.2 Å². The second-order valence-corrected chi connectivity index (χ2v) is 20.6. The maximum atomic E-state index is 12.9. The molecule has 0 radical (unpaired) electrons. The topological polar surface area (TPSA) is 78.9 Å². The van der Waals surface area contributed by atoms with E-state index in [1.165, 1.54) is 109 Å². The molecule has 0 rings (SSSR count). The third-order valence-electron chi connectivity index (χ3n) is 13.2. The fourth-order valence-corrected chi connectivity index (χ4v) is 8.43. The van der Waals surface area contributed by atoms with Crippen LogP contribution >= 0.6 is 0 Å². The van der Waals surface area contributed by atoms with E-state index in [1.54, 1.807) is 0 Å². The molecule has 1 atom stereocenters. The van der Waals surface area contributed by atoms with E-state index in [0.717, 1.165) is 135 Å². The number of ether oxygens (including phenoxy) is 3. The largest absolute Gasteiger partial charge is 0.462 e. The Morgan fingerprint density at radius 2 is 0.526 bits per heavy atom. The number of hydrogen-bond acceptors (Lipinski definition) is 6. The summed E-state index contributed by atoms with van der Waals surface area (Å²) in [5.74, 6) is -0.944. The molecule has 0 saturated heterocycles. The van der Waals surface area contributed by atoms with Gasteiger partial charge in [-0.25, -0.2) is 0 Å². The first-order valence-electron chi connectivity index (χ1n) is 31.5. The molecule has 1 unspecified atom stereocenters. The van der Waals surface area contributed by atoms with Crippen LogP contribution in [0.1, 0.15) is 284 Å². The number of esters is 3. The minimum Gasteiger partial charge on any atom is -0.462 e. The molecule has 76 heavy (non-hydrogen) atoms. The van der Waals surface area contributed by atoms with Gasteiger partial charge >= 0.3 is 17.9 Å². The highest BCUT2D eigenvalue weighted by Gasteiger charge is 2.19. The molecule has 0 N–H and O–H groups in total.